The Bertz CT molecular complexity index is 1250. The first kappa shape index (κ1) is 31.2. The molecule has 42 heavy (non-hydrogen) atoms. The lowest BCUT2D eigenvalue weighted by Gasteiger charge is -2.41. The third-order valence-corrected chi connectivity index (χ3v) is 8.77. The van der Waals surface area contributed by atoms with E-state index in [-0.39, 0.29) is 23.8 Å². The molecule has 224 valence electrons. The summed E-state index contributed by atoms with van der Waals surface area (Å²) in [6.45, 7) is 10.6. The predicted octanol–water partition coefficient (Wildman–Crippen LogP) is 6.43. The first-order valence-corrected chi connectivity index (χ1v) is 15.5. The number of carbonyl (C=O) groups is 1. The van der Waals surface area contributed by atoms with Gasteiger partial charge in [-0.25, -0.2) is 0 Å². The molecule has 4 N–H and O–H groups in total. The SMILES string of the molecule is C=C/C=C\C=NCC(NC(=O)c1ccc(N)c(C(=N)c2ccc(OC3CCN(C4CCC4)CC3)cc2)c1)C(CC)CC. The number of nitrogens with one attached hydrogen (secondary N) is 2. The highest BCUT2D eigenvalue weighted by Crippen LogP contribution is 2.29. The number of rotatable bonds is 14. The zero-order valence-electron chi connectivity index (χ0n) is 25.2. The third-order valence-electron chi connectivity index (χ3n) is 8.77. The van der Waals surface area contributed by atoms with E-state index in [1.165, 1.54) is 19.3 Å². The Morgan fingerprint density at radius 2 is 1.79 bits per heavy atom. The molecular formula is C35H47N5O2. The summed E-state index contributed by atoms with van der Waals surface area (Å²) < 4.78 is 6.28. The van der Waals surface area contributed by atoms with Crippen LogP contribution < -0.4 is 15.8 Å². The van der Waals surface area contributed by atoms with E-state index in [2.05, 4.69) is 35.6 Å². The highest BCUT2D eigenvalue weighted by Gasteiger charge is 2.29. The number of likely N-dealkylation sites (tertiary alicyclic amines) is 1. The van der Waals surface area contributed by atoms with Crippen LogP contribution in [-0.2, 0) is 0 Å². The van der Waals surface area contributed by atoms with E-state index in [4.69, 9.17) is 15.9 Å². The van der Waals surface area contributed by atoms with Crippen LogP contribution in [-0.4, -0.2) is 60.6 Å². The summed E-state index contributed by atoms with van der Waals surface area (Å²) >= 11 is 0. The smallest absolute Gasteiger partial charge is 0.251 e. The minimum Gasteiger partial charge on any atom is -0.490 e. The molecule has 7 heteroatoms. The Balaban J connectivity index is 1.39. The summed E-state index contributed by atoms with van der Waals surface area (Å²) in [7, 11) is 0. The minimum absolute atomic E-state index is 0.0978. The molecule has 7 nitrogen and oxygen atoms in total. The van der Waals surface area contributed by atoms with E-state index >= 15 is 0 Å². The van der Waals surface area contributed by atoms with Gasteiger partial charge in [-0.3, -0.25) is 15.2 Å². The molecule has 1 amide bonds. The zero-order valence-corrected chi connectivity index (χ0v) is 25.2. The quantitative estimate of drug-likeness (QED) is 0.139. The van der Waals surface area contributed by atoms with Crippen molar-refractivity contribution in [1.82, 2.24) is 10.2 Å². The molecule has 2 aromatic rings. The average Bonchev–Trinajstić information content (AvgIpc) is 2.98. The summed E-state index contributed by atoms with van der Waals surface area (Å²) in [4.78, 5) is 20.5. The Hall–Kier alpha value is -3.71. The van der Waals surface area contributed by atoms with Crippen molar-refractivity contribution in [1.29, 1.82) is 5.41 Å². The van der Waals surface area contributed by atoms with Gasteiger partial charge in [0.1, 0.15) is 11.9 Å². The van der Waals surface area contributed by atoms with E-state index in [0.717, 1.165) is 56.1 Å². The molecule has 1 saturated heterocycles. The molecule has 4 rings (SSSR count). The van der Waals surface area contributed by atoms with Gasteiger partial charge >= 0.3 is 0 Å². The molecule has 2 aromatic carbocycles. The van der Waals surface area contributed by atoms with E-state index < -0.39 is 0 Å². The van der Waals surface area contributed by atoms with Crippen molar-refractivity contribution in [3.63, 3.8) is 0 Å². The number of nitrogens with zero attached hydrogens (tertiary/aromatic N) is 2. The topological polar surface area (TPSA) is 104 Å². The Morgan fingerprint density at radius 1 is 1.10 bits per heavy atom. The number of ether oxygens (including phenoxy) is 1. The number of nitrogens with two attached hydrogens (primary N) is 1. The fourth-order valence-corrected chi connectivity index (χ4v) is 5.86. The molecule has 1 saturated carbocycles. The highest BCUT2D eigenvalue weighted by atomic mass is 16.5. The van der Waals surface area contributed by atoms with Crippen LogP contribution >= 0.6 is 0 Å². The lowest BCUT2D eigenvalue weighted by molar-refractivity contribution is 0.0493. The second-order valence-corrected chi connectivity index (χ2v) is 11.4. The highest BCUT2D eigenvalue weighted by molar-refractivity contribution is 6.14. The Labute approximate surface area is 251 Å². The zero-order chi connectivity index (χ0) is 29.9. The Kier molecular flexibility index (Phi) is 11.5. The number of allylic oxidation sites excluding steroid dienone is 3. The second-order valence-electron chi connectivity index (χ2n) is 11.4. The number of hydrogen-bond acceptors (Lipinski definition) is 6. The summed E-state index contributed by atoms with van der Waals surface area (Å²) in [6.07, 6.45) is 15.4. The predicted molar refractivity (Wildman–Crippen MR) is 174 cm³/mol. The van der Waals surface area contributed by atoms with Crippen molar-refractivity contribution >= 4 is 23.5 Å². The number of aliphatic imine (C=N–C) groups is 1. The molecule has 0 bridgehead atoms. The van der Waals surface area contributed by atoms with Gasteiger partial charge in [-0.2, -0.15) is 0 Å². The lowest BCUT2D eigenvalue weighted by Crippen LogP contribution is -2.46. The lowest BCUT2D eigenvalue weighted by atomic mass is 9.90. The average molecular weight is 570 g/mol. The standard InChI is InChI=1S/C35H47N5O2/c1-4-7-8-20-38-24-33(25(5-2)6-3)39-35(41)27-14-17-32(36)31(23-27)34(37)26-12-15-29(16-13-26)42-30-18-21-40(22-19-30)28-10-9-11-28/h4,7-8,12-17,20,23,25,28,30,33,37H,1,5-6,9-11,18-19,21-22,24,36H2,2-3H3,(H,39,41)/b8-7-,37-34?,38-20?. The van der Waals surface area contributed by atoms with E-state index in [1.807, 2.05) is 36.4 Å². The molecule has 2 fully saturated rings. The van der Waals surface area contributed by atoms with E-state index in [9.17, 15) is 4.79 Å². The van der Waals surface area contributed by atoms with Gasteiger partial charge in [0.15, 0.2) is 0 Å². The summed E-state index contributed by atoms with van der Waals surface area (Å²) in [6, 6.07) is 13.5. The van der Waals surface area contributed by atoms with Crippen LogP contribution in [0.25, 0.3) is 0 Å². The third kappa shape index (κ3) is 8.19. The molecule has 1 aliphatic carbocycles. The normalized spacial score (nSPS) is 17.4. The van der Waals surface area contributed by atoms with Gasteiger partial charge in [-0.05, 0) is 80.1 Å². The van der Waals surface area contributed by atoms with E-state index in [1.54, 1.807) is 30.5 Å². The number of amides is 1. The van der Waals surface area contributed by atoms with Gasteiger partial charge in [0.05, 0.1) is 18.3 Å². The maximum atomic E-state index is 13.3. The largest absolute Gasteiger partial charge is 0.490 e. The molecule has 1 unspecified atom stereocenters. The van der Waals surface area contributed by atoms with Gasteiger partial charge in [0.2, 0.25) is 0 Å². The first-order chi connectivity index (χ1) is 20.4. The molecular weight excluding hydrogens is 522 g/mol. The van der Waals surface area contributed by atoms with E-state index in [0.29, 0.717) is 29.3 Å². The fraction of sp³-hybridized carbons (Fsp3) is 0.457. The van der Waals surface area contributed by atoms with Gasteiger partial charge in [0.25, 0.3) is 5.91 Å². The molecule has 0 spiro atoms. The van der Waals surface area contributed by atoms with Crippen molar-refractivity contribution in [2.24, 2.45) is 10.9 Å². The van der Waals surface area contributed by atoms with Crippen LogP contribution in [0.2, 0.25) is 0 Å². The first-order valence-electron chi connectivity index (χ1n) is 15.5. The summed E-state index contributed by atoms with van der Waals surface area (Å²) in [5, 5.41) is 12.1. The monoisotopic (exact) mass is 569 g/mol. The number of benzene rings is 2. The van der Waals surface area contributed by atoms with Crippen molar-refractivity contribution in [3.05, 3.63) is 84.0 Å². The molecule has 1 heterocycles. The van der Waals surface area contributed by atoms with Crippen molar-refractivity contribution < 1.29 is 9.53 Å². The molecule has 1 aliphatic heterocycles. The number of hydrogen-bond donors (Lipinski definition) is 3. The van der Waals surface area contributed by atoms with Gasteiger partial charge < -0.3 is 20.7 Å². The van der Waals surface area contributed by atoms with Crippen LogP contribution in [0.4, 0.5) is 5.69 Å². The van der Waals surface area contributed by atoms with Crippen LogP contribution in [0.5, 0.6) is 5.75 Å². The fourth-order valence-electron chi connectivity index (χ4n) is 5.86. The molecule has 0 aromatic heterocycles. The minimum atomic E-state index is -0.190. The molecule has 1 atom stereocenters. The summed E-state index contributed by atoms with van der Waals surface area (Å²) in [5.41, 5.74) is 8.77. The van der Waals surface area contributed by atoms with Gasteiger partial charge in [0, 0.05) is 47.7 Å². The number of nitrogen functional groups attached to an aromatic ring is 1. The van der Waals surface area contributed by atoms with Crippen molar-refractivity contribution in [3.8, 4) is 5.75 Å². The number of anilines is 1. The molecule has 0 radical (unpaired) electrons. The van der Waals surface area contributed by atoms with Crippen molar-refractivity contribution in [2.45, 2.75) is 77.0 Å². The number of carbonyl (C=O) groups excluding carboxylic acids is 1. The Morgan fingerprint density at radius 3 is 2.40 bits per heavy atom. The number of piperidine rings is 1. The van der Waals surface area contributed by atoms with Crippen LogP contribution in [0.3, 0.4) is 0 Å². The van der Waals surface area contributed by atoms with Gasteiger partial charge in [-0.1, -0.05) is 51.8 Å². The van der Waals surface area contributed by atoms with Crippen LogP contribution in [0, 0.1) is 11.3 Å². The van der Waals surface area contributed by atoms with Crippen LogP contribution in [0.15, 0.2) is 72.3 Å². The maximum Gasteiger partial charge on any atom is 0.251 e. The van der Waals surface area contributed by atoms with Crippen LogP contribution in [0.1, 0.15) is 80.3 Å². The van der Waals surface area contributed by atoms with Crippen molar-refractivity contribution in [2.75, 3.05) is 25.4 Å². The summed E-state index contributed by atoms with van der Waals surface area (Å²) in [5.74, 6) is 0.937. The van der Waals surface area contributed by atoms with Gasteiger partial charge in [-0.15, -0.1) is 0 Å². The second kappa shape index (κ2) is 15.5. The maximum absolute atomic E-state index is 13.3. The molecule has 2 aliphatic rings.